The van der Waals surface area contributed by atoms with Gasteiger partial charge in [-0.15, -0.1) is 0 Å². The molecule has 21 heavy (non-hydrogen) atoms. The highest BCUT2D eigenvalue weighted by molar-refractivity contribution is 7.99. The lowest BCUT2D eigenvalue weighted by Gasteiger charge is -2.28. The van der Waals surface area contributed by atoms with Gasteiger partial charge in [0.15, 0.2) is 6.10 Å². The molecule has 0 aromatic heterocycles. The molecule has 0 saturated carbocycles. The van der Waals surface area contributed by atoms with E-state index in [-0.39, 0.29) is 6.54 Å². The standard InChI is InChI=1S/C14H17N3O3S/c15-13(18)12-9-17(14(19)20-12)11-3-1-10(2-4-11)16-5-7-21-8-6-16/h1-4,12H,5-9H2,(H2,15,18)/t12-/m1/s1. The number of hydrogen-bond acceptors (Lipinski definition) is 5. The minimum absolute atomic E-state index is 0.174. The number of primary amides is 1. The molecule has 3 rings (SSSR count). The van der Waals surface area contributed by atoms with Gasteiger partial charge < -0.3 is 15.4 Å². The Hall–Kier alpha value is -1.89. The van der Waals surface area contributed by atoms with E-state index in [1.807, 2.05) is 36.0 Å². The SMILES string of the molecule is NC(=O)[C@H]1CN(c2ccc(N3CCSCC3)cc2)C(=O)O1. The van der Waals surface area contributed by atoms with Crippen LogP contribution in [0.15, 0.2) is 24.3 Å². The van der Waals surface area contributed by atoms with E-state index < -0.39 is 18.1 Å². The van der Waals surface area contributed by atoms with Crippen molar-refractivity contribution < 1.29 is 14.3 Å². The molecule has 0 radical (unpaired) electrons. The van der Waals surface area contributed by atoms with Crippen LogP contribution < -0.4 is 15.5 Å². The van der Waals surface area contributed by atoms with Crippen LogP contribution in [0.5, 0.6) is 0 Å². The van der Waals surface area contributed by atoms with E-state index in [2.05, 4.69) is 4.90 Å². The van der Waals surface area contributed by atoms with Gasteiger partial charge in [-0.25, -0.2) is 4.79 Å². The Labute approximate surface area is 127 Å². The van der Waals surface area contributed by atoms with Gasteiger partial charge in [0, 0.05) is 36.0 Å². The van der Waals surface area contributed by atoms with Crippen LogP contribution in [0, 0.1) is 0 Å². The zero-order chi connectivity index (χ0) is 14.8. The van der Waals surface area contributed by atoms with Crippen molar-refractivity contribution in [3.63, 3.8) is 0 Å². The number of carbonyl (C=O) groups excluding carboxylic acids is 2. The number of nitrogens with zero attached hydrogens (tertiary/aromatic N) is 2. The second-order valence-electron chi connectivity index (χ2n) is 5.00. The minimum Gasteiger partial charge on any atom is -0.434 e. The predicted molar refractivity (Wildman–Crippen MR) is 82.8 cm³/mol. The first-order valence-corrected chi connectivity index (χ1v) is 8.01. The molecule has 2 fully saturated rings. The van der Waals surface area contributed by atoms with E-state index in [1.165, 1.54) is 4.90 Å². The highest BCUT2D eigenvalue weighted by atomic mass is 32.2. The van der Waals surface area contributed by atoms with E-state index in [0.29, 0.717) is 0 Å². The first-order chi connectivity index (χ1) is 10.1. The number of rotatable bonds is 3. The topological polar surface area (TPSA) is 75.9 Å². The zero-order valence-corrected chi connectivity index (χ0v) is 12.3. The van der Waals surface area contributed by atoms with Crippen molar-refractivity contribution in [2.45, 2.75) is 6.10 Å². The van der Waals surface area contributed by atoms with Gasteiger partial charge in [-0.3, -0.25) is 9.69 Å². The van der Waals surface area contributed by atoms with Gasteiger partial charge in [0.05, 0.1) is 6.54 Å². The second kappa shape index (κ2) is 5.85. The third-order valence-corrected chi connectivity index (χ3v) is 4.61. The molecule has 2 aliphatic rings. The summed E-state index contributed by atoms with van der Waals surface area (Å²) in [7, 11) is 0. The molecule has 2 amide bonds. The van der Waals surface area contributed by atoms with Crippen molar-refractivity contribution in [2.24, 2.45) is 5.73 Å². The molecule has 1 atom stereocenters. The number of cyclic esters (lactones) is 1. The van der Waals surface area contributed by atoms with Crippen LogP contribution >= 0.6 is 11.8 Å². The van der Waals surface area contributed by atoms with Crippen LogP contribution in [0.2, 0.25) is 0 Å². The van der Waals surface area contributed by atoms with Crippen molar-refractivity contribution in [3.05, 3.63) is 24.3 Å². The van der Waals surface area contributed by atoms with Gasteiger partial charge in [0.25, 0.3) is 5.91 Å². The lowest BCUT2D eigenvalue weighted by Crippen LogP contribution is -2.33. The number of thioether (sulfide) groups is 1. The molecule has 7 heteroatoms. The van der Waals surface area contributed by atoms with Crippen molar-refractivity contribution in [2.75, 3.05) is 40.9 Å². The summed E-state index contributed by atoms with van der Waals surface area (Å²) in [5.41, 5.74) is 7.04. The minimum atomic E-state index is -0.865. The Kier molecular flexibility index (Phi) is 3.92. The van der Waals surface area contributed by atoms with Gasteiger partial charge in [-0.1, -0.05) is 0 Å². The Morgan fingerprint density at radius 2 is 1.81 bits per heavy atom. The molecular weight excluding hydrogens is 290 g/mol. The van der Waals surface area contributed by atoms with Crippen LogP contribution in [0.4, 0.5) is 16.2 Å². The molecule has 2 aliphatic heterocycles. The predicted octanol–water partition coefficient (Wildman–Crippen LogP) is 1.05. The number of carbonyl (C=O) groups is 2. The molecule has 2 saturated heterocycles. The summed E-state index contributed by atoms with van der Waals surface area (Å²) in [6.45, 7) is 2.26. The van der Waals surface area contributed by atoms with E-state index in [0.717, 1.165) is 36.0 Å². The van der Waals surface area contributed by atoms with Crippen LogP contribution in [0.3, 0.4) is 0 Å². The first kappa shape index (κ1) is 14.1. The highest BCUT2D eigenvalue weighted by Gasteiger charge is 2.35. The maximum absolute atomic E-state index is 11.8. The van der Waals surface area contributed by atoms with E-state index >= 15 is 0 Å². The smallest absolute Gasteiger partial charge is 0.415 e. The van der Waals surface area contributed by atoms with E-state index in [4.69, 9.17) is 10.5 Å². The summed E-state index contributed by atoms with van der Waals surface area (Å²) in [6, 6.07) is 7.75. The fourth-order valence-electron chi connectivity index (χ4n) is 2.49. The lowest BCUT2D eigenvalue weighted by molar-refractivity contribution is -0.124. The average molecular weight is 307 g/mol. The monoisotopic (exact) mass is 307 g/mol. The van der Waals surface area contributed by atoms with E-state index in [1.54, 1.807) is 0 Å². The quantitative estimate of drug-likeness (QED) is 0.903. The van der Waals surface area contributed by atoms with Crippen molar-refractivity contribution >= 4 is 35.1 Å². The highest BCUT2D eigenvalue weighted by Crippen LogP contribution is 2.26. The number of anilines is 2. The molecule has 2 N–H and O–H groups in total. The fraction of sp³-hybridized carbons (Fsp3) is 0.429. The Morgan fingerprint density at radius 1 is 1.19 bits per heavy atom. The maximum atomic E-state index is 11.8. The summed E-state index contributed by atoms with van der Waals surface area (Å²) >= 11 is 1.97. The Bertz CT molecular complexity index is 543. The van der Waals surface area contributed by atoms with Crippen LogP contribution in [0.1, 0.15) is 0 Å². The Morgan fingerprint density at radius 3 is 2.38 bits per heavy atom. The van der Waals surface area contributed by atoms with Gasteiger partial charge >= 0.3 is 6.09 Å². The second-order valence-corrected chi connectivity index (χ2v) is 6.23. The summed E-state index contributed by atoms with van der Waals surface area (Å²) < 4.78 is 4.94. The number of ether oxygens (including phenoxy) is 1. The molecular formula is C14H17N3O3S. The summed E-state index contributed by atoms with van der Waals surface area (Å²) in [5, 5.41) is 0. The maximum Gasteiger partial charge on any atom is 0.415 e. The van der Waals surface area contributed by atoms with Gasteiger partial charge in [-0.2, -0.15) is 11.8 Å². The third-order valence-electron chi connectivity index (χ3n) is 3.67. The summed E-state index contributed by atoms with van der Waals surface area (Å²) in [4.78, 5) is 26.6. The molecule has 6 nitrogen and oxygen atoms in total. The molecule has 0 spiro atoms. The molecule has 0 aliphatic carbocycles. The van der Waals surface area contributed by atoms with Crippen molar-refractivity contribution in [1.82, 2.24) is 0 Å². The molecule has 0 unspecified atom stereocenters. The van der Waals surface area contributed by atoms with Crippen molar-refractivity contribution in [1.29, 1.82) is 0 Å². The third kappa shape index (κ3) is 2.92. The Balaban J connectivity index is 1.72. The largest absolute Gasteiger partial charge is 0.434 e. The first-order valence-electron chi connectivity index (χ1n) is 6.85. The van der Waals surface area contributed by atoms with Crippen LogP contribution in [-0.4, -0.2) is 49.2 Å². The summed E-state index contributed by atoms with van der Waals surface area (Å²) in [5.74, 6) is 1.66. The van der Waals surface area contributed by atoms with Crippen LogP contribution in [0.25, 0.3) is 0 Å². The van der Waals surface area contributed by atoms with Gasteiger partial charge in [-0.05, 0) is 24.3 Å². The number of amides is 2. The molecule has 2 heterocycles. The number of hydrogen-bond donors (Lipinski definition) is 1. The molecule has 1 aromatic carbocycles. The molecule has 1 aromatic rings. The summed E-state index contributed by atoms with van der Waals surface area (Å²) in [6.07, 6.45) is -1.39. The average Bonchev–Trinajstić information content (AvgIpc) is 2.91. The number of nitrogens with two attached hydrogens (primary N) is 1. The molecule has 112 valence electrons. The normalized spacial score (nSPS) is 22.3. The van der Waals surface area contributed by atoms with Gasteiger partial charge in [0.1, 0.15) is 0 Å². The number of benzene rings is 1. The van der Waals surface area contributed by atoms with Gasteiger partial charge in [0.2, 0.25) is 0 Å². The van der Waals surface area contributed by atoms with E-state index in [9.17, 15) is 9.59 Å². The molecule has 0 bridgehead atoms. The lowest BCUT2D eigenvalue weighted by atomic mass is 10.2. The fourth-order valence-corrected chi connectivity index (χ4v) is 3.39. The van der Waals surface area contributed by atoms with Crippen LogP contribution in [-0.2, 0) is 9.53 Å². The van der Waals surface area contributed by atoms with Crippen molar-refractivity contribution in [3.8, 4) is 0 Å². The zero-order valence-electron chi connectivity index (χ0n) is 11.5.